The second-order valence-electron chi connectivity index (χ2n) is 2.55. The fraction of sp³-hybridized carbons (Fsp3) is 0.286. The molecule has 2 heterocycles. The first-order valence-electron chi connectivity index (χ1n) is 4.19. The van der Waals surface area contributed by atoms with E-state index in [0.717, 1.165) is 6.54 Å². The van der Waals surface area contributed by atoms with Gasteiger partial charge in [-0.05, 0) is 17.4 Å². The minimum Gasteiger partial charge on any atom is -0.369 e. The summed E-state index contributed by atoms with van der Waals surface area (Å²) in [6, 6.07) is 0. The highest BCUT2D eigenvalue weighted by atomic mass is 15.5. The Bertz CT molecular complexity index is 396. The number of hydrogen-bond donors (Lipinski definition) is 1. The number of aromatic nitrogens is 6. The Morgan fingerprint density at radius 1 is 1.43 bits per heavy atom. The van der Waals surface area contributed by atoms with Crippen LogP contribution in [0.5, 0.6) is 0 Å². The van der Waals surface area contributed by atoms with Gasteiger partial charge in [0.2, 0.25) is 0 Å². The summed E-state index contributed by atoms with van der Waals surface area (Å²) in [5, 5.41) is 13.8. The molecule has 0 aliphatic heterocycles. The zero-order chi connectivity index (χ0) is 9.80. The lowest BCUT2D eigenvalue weighted by molar-refractivity contribution is 0.767. The maximum Gasteiger partial charge on any atom is 0.177 e. The first-order valence-corrected chi connectivity index (χ1v) is 4.19. The van der Waals surface area contributed by atoms with Gasteiger partial charge in [-0.25, -0.2) is 4.98 Å². The van der Waals surface area contributed by atoms with Gasteiger partial charge in [0.05, 0.1) is 12.4 Å². The molecule has 0 radical (unpaired) electrons. The van der Waals surface area contributed by atoms with E-state index in [1.165, 1.54) is 11.0 Å². The van der Waals surface area contributed by atoms with Crippen molar-refractivity contribution in [3.8, 4) is 5.82 Å². The molecule has 2 aromatic heterocycles. The molecule has 0 bridgehead atoms. The lowest BCUT2D eigenvalue weighted by Gasteiger charge is -2.02. The van der Waals surface area contributed by atoms with Crippen LogP contribution in [0.3, 0.4) is 0 Å². The minimum atomic E-state index is 0.591. The van der Waals surface area contributed by atoms with Crippen molar-refractivity contribution in [1.82, 2.24) is 30.2 Å². The summed E-state index contributed by atoms with van der Waals surface area (Å²) >= 11 is 0. The van der Waals surface area contributed by atoms with E-state index in [1.54, 1.807) is 12.4 Å². The molecule has 0 saturated heterocycles. The molecular weight excluding hydrogens is 182 g/mol. The largest absolute Gasteiger partial charge is 0.369 e. The van der Waals surface area contributed by atoms with Crippen molar-refractivity contribution < 1.29 is 0 Å². The molecule has 0 aromatic carbocycles. The number of hydrogen-bond acceptors (Lipinski definition) is 6. The Labute approximate surface area is 80.2 Å². The molecule has 0 fully saturated rings. The molecule has 0 spiro atoms. The number of nitrogens with one attached hydrogen (secondary N) is 1. The Morgan fingerprint density at radius 2 is 2.36 bits per heavy atom. The summed E-state index contributed by atoms with van der Waals surface area (Å²) in [6.07, 6.45) is 4.72. The average Bonchev–Trinajstić information content (AvgIpc) is 2.71. The van der Waals surface area contributed by atoms with Gasteiger partial charge in [0.15, 0.2) is 5.82 Å². The van der Waals surface area contributed by atoms with Crippen molar-refractivity contribution in [2.75, 3.05) is 11.9 Å². The van der Waals surface area contributed by atoms with Crippen LogP contribution in [0.2, 0.25) is 0 Å². The second kappa shape index (κ2) is 3.77. The monoisotopic (exact) mass is 191 g/mol. The predicted molar refractivity (Wildman–Crippen MR) is 48.9 cm³/mol. The molecule has 0 amide bonds. The first-order chi connectivity index (χ1) is 6.90. The van der Waals surface area contributed by atoms with Crippen LogP contribution in [0.25, 0.3) is 5.82 Å². The standard InChI is InChI=1S/C7H9N7/c1-2-9-6-3-8-4-7(11-6)14-5-10-12-13-14/h3-5H,2H2,1H3,(H,9,11). The highest BCUT2D eigenvalue weighted by molar-refractivity contribution is 5.34. The second-order valence-corrected chi connectivity index (χ2v) is 2.55. The van der Waals surface area contributed by atoms with Crippen molar-refractivity contribution in [1.29, 1.82) is 0 Å². The van der Waals surface area contributed by atoms with E-state index in [4.69, 9.17) is 0 Å². The van der Waals surface area contributed by atoms with Crippen LogP contribution in [-0.2, 0) is 0 Å². The van der Waals surface area contributed by atoms with Crippen molar-refractivity contribution in [3.63, 3.8) is 0 Å². The zero-order valence-electron chi connectivity index (χ0n) is 7.62. The quantitative estimate of drug-likeness (QED) is 0.728. The Hall–Kier alpha value is -2.05. The molecule has 7 heteroatoms. The van der Waals surface area contributed by atoms with Crippen molar-refractivity contribution in [2.45, 2.75) is 6.92 Å². The highest BCUT2D eigenvalue weighted by Crippen LogP contribution is 2.03. The average molecular weight is 191 g/mol. The smallest absolute Gasteiger partial charge is 0.177 e. The van der Waals surface area contributed by atoms with Crippen LogP contribution in [0, 0.1) is 0 Å². The summed E-state index contributed by atoms with van der Waals surface area (Å²) in [5.41, 5.74) is 0. The summed E-state index contributed by atoms with van der Waals surface area (Å²) in [4.78, 5) is 8.27. The van der Waals surface area contributed by atoms with Gasteiger partial charge < -0.3 is 5.32 Å². The summed E-state index contributed by atoms with van der Waals surface area (Å²) in [6.45, 7) is 2.79. The van der Waals surface area contributed by atoms with E-state index in [-0.39, 0.29) is 0 Å². The van der Waals surface area contributed by atoms with Crippen LogP contribution in [-0.4, -0.2) is 36.7 Å². The van der Waals surface area contributed by atoms with Gasteiger partial charge in [0, 0.05) is 6.54 Å². The van der Waals surface area contributed by atoms with Gasteiger partial charge in [0.25, 0.3) is 0 Å². The normalized spacial score (nSPS) is 10.1. The third kappa shape index (κ3) is 1.65. The minimum absolute atomic E-state index is 0.591. The molecule has 0 aliphatic rings. The van der Waals surface area contributed by atoms with Crippen LogP contribution in [0.4, 0.5) is 5.82 Å². The molecule has 2 rings (SSSR count). The van der Waals surface area contributed by atoms with E-state index >= 15 is 0 Å². The number of nitrogens with zero attached hydrogens (tertiary/aromatic N) is 6. The SMILES string of the molecule is CCNc1cncc(-n2cnnn2)n1. The Balaban J connectivity index is 2.31. The lowest BCUT2D eigenvalue weighted by Crippen LogP contribution is -2.04. The molecule has 72 valence electrons. The van der Waals surface area contributed by atoms with Crippen LogP contribution in [0.1, 0.15) is 6.92 Å². The van der Waals surface area contributed by atoms with Crippen molar-refractivity contribution >= 4 is 5.82 Å². The van der Waals surface area contributed by atoms with E-state index in [9.17, 15) is 0 Å². The summed E-state index contributed by atoms with van der Waals surface area (Å²) < 4.78 is 1.45. The molecule has 14 heavy (non-hydrogen) atoms. The van der Waals surface area contributed by atoms with E-state index < -0.39 is 0 Å². The van der Waals surface area contributed by atoms with Crippen molar-refractivity contribution in [3.05, 3.63) is 18.7 Å². The number of tetrazole rings is 1. The molecule has 0 unspecified atom stereocenters. The molecule has 0 atom stereocenters. The number of anilines is 1. The Morgan fingerprint density at radius 3 is 3.07 bits per heavy atom. The van der Waals surface area contributed by atoms with Gasteiger partial charge in [0.1, 0.15) is 12.1 Å². The van der Waals surface area contributed by atoms with Crippen LogP contribution < -0.4 is 5.32 Å². The molecule has 0 saturated carbocycles. The van der Waals surface area contributed by atoms with E-state index in [1.807, 2.05) is 6.92 Å². The van der Waals surface area contributed by atoms with Gasteiger partial charge in [-0.3, -0.25) is 4.98 Å². The third-order valence-corrected chi connectivity index (χ3v) is 1.56. The lowest BCUT2D eigenvalue weighted by atomic mass is 10.6. The molecule has 2 aromatic rings. The van der Waals surface area contributed by atoms with Gasteiger partial charge >= 0.3 is 0 Å². The van der Waals surface area contributed by atoms with E-state index in [2.05, 4.69) is 30.8 Å². The summed E-state index contributed by atoms with van der Waals surface area (Å²) in [5.74, 6) is 1.30. The molecule has 0 aliphatic carbocycles. The third-order valence-electron chi connectivity index (χ3n) is 1.56. The van der Waals surface area contributed by atoms with Gasteiger partial charge in [-0.2, -0.15) is 4.68 Å². The van der Waals surface area contributed by atoms with Crippen molar-refractivity contribution in [2.24, 2.45) is 0 Å². The fourth-order valence-electron chi connectivity index (χ4n) is 0.999. The maximum absolute atomic E-state index is 4.25. The number of rotatable bonds is 3. The van der Waals surface area contributed by atoms with E-state index in [0.29, 0.717) is 11.6 Å². The summed E-state index contributed by atoms with van der Waals surface area (Å²) in [7, 11) is 0. The fourth-order valence-corrected chi connectivity index (χ4v) is 0.999. The Kier molecular flexibility index (Phi) is 2.30. The van der Waals surface area contributed by atoms with Gasteiger partial charge in [-0.15, -0.1) is 5.10 Å². The molecular formula is C7H9N7. The molecule has 7 nitrogen and oxygen atoms in total. The van der Waals surface area contributed by atoms with Crippen LogP contribution >= 0.6 is 0 Å². The first kappa shape index (κ1) is 8.54. The van der Waals surface area contributed by atoms with Gasteiger partial charge in [-0.1, -0.05) is 0 Å². The van der Waals surface area contributed by atoms with Crippen LogP contribution in [0.15, 0.2) is 18.7 Å². The highest BCUT2D eigenvalue weighted by Gasteiger charge is 2.00. The molecule has 1 N–H and O–H groups in total. The zero-order valence-corrected chi connectivity index (χ0v) is 7.62. The predicted octanol–water partition coefficient (Wildman–Crippen LogP) is -0.116. The maximum atomic E-state index is 4.25. The topological polar surface area (TPSA) is 81.4 Å².